The number of carboxylic acids is 1. The second kappa shape index (κ2) is 10.7. The van der Waals surface area contributed by atoms with Crippen LogP contribution in [0.5, 0.6) is 0 Å². The molecule has 0 bridgehead atoms. The van der Waals surface area contributed by atoms with Gasteiger partial charge in [-0.15, -0.1) is 0 Å². The zero-order chi connectivity index (χ0) is 24.9. The molecule has 1 aliphatic rings. The quantitative estimate of drug-likeness (QED) is 0.496. The monoisotopic (exact) mass is 467 g/mol. The molecule has 0 saturated heterocycles. The molecule has 3 rings (SSSR count). The fraction of sp³-hybridized carbons (Fsp3) is 0.423. The molecule has 182 valence electrons. The third-order valence-corrected chi connectivity index (χ3v) is 6.13. The minimum absolute atomic E-state index is 0.0717. The van der Waals surface area contributed by atoms with Gasteiger partial charge in [-0.25, -0.2) is 4.79 Å². The van der Waals surface area contributed by atoms with Gasteiger partial charge in [0.15, 0.2) is 0 Å². The van der Waals surface area contributed by atoms with E-state index >= 15 is 0 Å². The van der Waals surface area contributed by atoms with Crippen molar-refractivity contribution in [3.63, 3.8) is 0 Å². The lowest BCUT2D eigenvalue weighted by atomic mass is 9.90. The molecule has 0 fully saturated rings. The number of rotatable bonds is 10. The van der Waals surface area contributed by atoms with Crippen LogP contribution in [0.1, 0.15) is 37.3 Å². The van der Waals surface area contributed by atoms with E-state index in [1.807, 2.05) is 36.4 Å². The number of aliphatic carboxylic acids is 1. The van der Waals surface area contributed by atoms with E-state index in [4.69, 9.17) is 4.74 Å². The van der Waals surface area contributed by atoms with Crippen molar-refractivity contribution in [1.82, 2.24) is 15.5 Å². The van der Waals surface area contributed by atoms with Crippen LogP contribution in [-0.2, 0) is 14.3 Å². The van der Waals surface area contributed by atoms with Crippen LogP contribution in [0.2, 0.25) is 0 Å². The summed E-state index contributed by atoms with van der Waals surface area (Å²) in [7, 11) is 3.60. The molecule has 0 heterocycles. The van der Waals surface area contributed by atoms with Crippen molar-refractivity contribution in [2.75, 3.05) is 33.8 Å². The van der Waals surface area contributed by atoms with Gasteiger partial charge in [-0.3, -0.25) is 9.59 Å². The number of amides is 2. The summed E-state index contributed by atoms with van der Waals surface area (Å²) < 4.78 is 5.57. The highest BCUT2D eigenvalue weighted by atomic mass is 16.5. The number of carbonyl (C=O) groups is 3. The fourth-order valence-corrected chi connectivity index (χ4v) is 4.07. The molecule has 0 aliphatic heterocycles. The van der Waals surface area contributed by atoms with Gasteiger partial charge >= 0.3 is 12.1 Å². The predicted octanol–water partition coefficient (Wildman–Crippen LogP) is 3.07. The first-order valence-corrected chi connectivity index (χ1v) is 11.4. The van der Waals surface area contributed by atoms with E-state index in [0.717, 1.165) is 22.3 Å². The normalized spacial score (nSPS) is 13.7. The highest BCUT2D eigenvalue weighted by molar-refractivity contribution is 5.86. The van der Waals surface area contributed by atoms with Gasteiger partial charge in [-0.2, -0.15) is 0 Å². The number of nitrogens with zero attached hydrogens (tertiary/aromatic N) is 1. The van der Waals surface area contributed by atoms with Gasteiger partial charge in [0.25, 0.3) is 0 Å². The average molecular weight is 468 g/mol. The summed E-state index contributed by atoms with van der Waals surface area (Å²) in [4.78, 5) is 38.4. The second-order valence-corrected chi connectivity index (χ2v) is 9.51. The van der Waals surface area contributed by atoms with Gasteiger partial charge < -0.3 is 25.4 Å². The zero-order valence-electron chi connectivity index (χ0n) is 20.1. The van der Waals surface area contributed by atoms with E-state index in [2.05, 4.69) is 22.8 Å². The van der Waals surface area contributed by atoms with Crippen LogP contribution < -0.4 is 10.6 Å². The maximum absolute atomic E-state index is 12.7. The molecule has 34 heavy (non-hydrogen) atoms. The van der Waals surface area contributed by atoms with E-state index in [-0.39, 0.29) is 37.9 Å². The van der Waals surface area contributed by atoms with Crippen molar-refractivity contribution in [1.29, 1.82) is 0 Å². The van der Waals surface area contributed by atoms with E-state index in [0.29, 0.717) is 0 Å². The Morgan fingerprint density at radius 2 is 1.59 bits per heavy atom. The average Bonchev–Trinajstić information content (AvgIpc) is 3.10. The molecule has 0 aromatic heterocycles. The molecule has 0 saturated carbocycles. The van der Waals surface area contributed by atoms with Crippen molar-refractivity contribution >= 4 is 18.0 Å². The number of likely N-dealkylation sites (N-methyl/N-ethyl adjacent to an activating group) is 1. The maximum Gasteiger partial charge on any atom is 0.407 e. The Hall–Kier alpha value is -3.39. The van der Waals surface area contributed by atoms with Gasteiger partial charge in [0.2, 0.25) is 5.91 Å². The molecule has 0 unspecified atom stereocenters. The van der Waals surface area contributed by atoms with Crippen molar-refractivity contribution in [3.05, 3.63) is 59.7 Å². The Bertz CT molecular complexity index is 1000. The molecule has 8 nitrogen and oxygen atoms in total. The minimum atomic E-state index is -0.954. The first-order valence-electron chi connectivity index (χ1n) is 11.4. The fourth-order valence-electron chi connectivity index (χ4n) is 4.07. The number of alkyl carbamates (subject to hydrolysis) is 1. The van der Waals surface area contributed by atoms with Gasteiger partial charge in [0.1, 0.15) is 12.6 Å². The number of carbonyl (C=O) groups excluding carboxylic acids is 2. The van der Waals surface area contributed by atoms with Gasteiger partial charge in [0, 0.05) is 19.0 Å². The molecule has 2 amide bonds. The van der Waals surface area contributed by atoms with Crippen LogP contribution in [0.4, 0.5) is 4.79 Å². The summed E-state index contributed by atoms with van der Waals surface area (Å²) in [6.45, 7) is 3.83. The van der Waals surface area contributed by atoms with E-state index < -0.39 is 23.5 Å². The van der Waals surface area contributed by atoms with Crippen molar-refractivity contribution in [2.24, 2.45) is 5.41 Å². The topological polar surface area (TPSA) is 108 Å². The van der Waals surface area contributed by atoms with Gasteiger partial charge in [0.05, 0.1) is 5.41 Å². The number of fused-ring (bicyclic) bond motifs is 3. The number of carboxylic acid groups (broad SMARTS) is 1. The summed E-state index contributed by atoms with van der Waals surface area (Å²) in [5.41, 5.74) is 3.55. The smallest absolute Gasteiger partial charge is 0.407 e. The standard InChI is InChI=1S/C26H33N3O5/c1-26(2,24(31)32)13-14-27-23(30)22(15-29(3)4)28-25(33)34-16-21-19-11-7-5-9-17(19)18-10-6-8-12-20(18)21/h5-12,21-22H,13-16H2,1-4H3,(H,27,30)(H,28,33)(H,31,32)/t22-/m0/s1. The molecule has 0 radical (unpaired) electrons. The molecule has 2 aromatic rings. The summed E-state index contributed by atoms with van der Waals surface area (Å²) in [6.07, 6.45) is -0.400. The zero-order valence-corrected chi connectivity index (χ0v) is 20.1. The van der Waals surface area contributed by atoms with Gasteiger partial charge in [-0.05, 0) is 56.6 Å². The van der Waals surface area contributed by atoms with Crippen LogP contribution in [0.15, 0.2) is 48.5 Å². The Kier molecular flexibility index (Phi) is 7.94. The number of nitrogens with one attached hydrogen (secondary N) is 2. The van der Waals surface area contributed by atoms with Crippen LogP contribution in [0, 0.1) is 5.41 Å². The Balaban J connectivity index is 1.60. The molecule has 1 aliphatic carbocycles. The highest BCUT2D eigenvalue weighted by Gasteiger charge is 2.30. The third-order valence-electron chi connectivity index (χ3n) is 6.13. The summed E-state index contributed by atoms with van der Waals surface area (Å²) >= 11 is 0. The van der Waals surface area contributed by atoms with Crippen LogP contribution in [0.3, 0.4) is 0 Å². The lowest BCUT2D eigenvalue weighted by molar-refractivity contribution is -0.147. The summed E-state index contributed by atoms with van der Waals surface area (Å²) in [5.74, 6) is -1.38. The number of benzene rings is 2. The molecular formula is C26H33N3O5. The van der Waals surface area contributed by atoms with Crippen molar-refractivity contribution in [3.8, 4) is 11.1 Å². The van der Waals surface area contributed by atoms with Crippen molar-refractivity contribution < 1.29 is 24.2 Å². The predicted molar refractivity (Wildman–Crippen MR) is 130 cm³/mol. The largest absolute Gasteiger partial charge is 0.481 e. The van der Waals surface area contributed by atoms with Crippen LogP contribution in [0.25, 0.3) is 11.1 Å². The van der Waals surface area contributed by atoms with Gasteiger partial charge in [-0.1, -0.05) is 48.5 Å². The van der Waals surface area contributed by atoms with E-state index in [9.17, 15) is 19.5 Å². The number of hydrogen-bond donors (Lipinski definition) is 3. The summed E-state index contributed by atoms with van der Waals surface area (Å²) in [6, 6.07) is 15.3. The van der Waals surface area contributed by atoms with Crippen LogP contribution >= 0.6 is 0 Å². The molecule has 1 atom stereocenters. The third kappa shape index (κ3) is 5.94. The second-order valence-electron chi connectivity index (χ2n) is 9.51. The minimum Gasteiger partial charge on any atom is -0.481 e. The van der Waals surface area contributed by atoms with E-state index in [1.54, 1.807) is 32.8 Å². The Labute approximate surface area is 200 Å². The lowest BCUT2D eigenvalue weighted by Gasteiger charge is -2.23. The first-order chi connectivity index (χ1) is 16.1. The molecular weight excluding hydrogens is 434 g/mol. The molecule has 2 aromatic carbocycles. The summed E-state index contributed by atoms with van der Waals surface area (Å²) in [5, 5.41) is 14.6. The molecule has 8 heteroatoms. The Morgan fingerprint density at radius 1 is 1.03 bits per heavy atom. The lowest BCUT2D eigenvalue weighted by Crippen LogP contribution is -2.52. The number of hydrogen-bond acceptors (Lipinski definition) is 5. The van der Waals surface area contributed by atoms with E-state index in [1.165, 1.54) is 0 Å². The highest BCUT2D eigenvalue weighted by Crippen LogP contribution is 2.44. The molecule has 0 spiro atoms. The SMILES string of the molecule is CN(C)C[C@H](NC(=O)OCC1c2ccccc2-c2ccccc21)C(=O)NCCC(C)(C)C(=O)O. The first kappa shape index (κ1) is 25.2. The van der Waals surface area contributed by atoms with Crippen LogP contribution in [-0.4, -0.2) is 67.8 Å². The maximum atomic E-state index is 12.7. The Morgan fingerprint density at radius 3 is 2.12 bits per heavy atom. The number of ether oxygens (including phenoxy) is 1. The van der Waals surface area contributed by atoms with Crippen molar-refractivity contribution in [2.45, 2.75) is 32.2 Å². The molecule has 3 N–H and O–H groups in total.